The minimum atomic E-state index is -4.48. The molecule has 0 fully saturated rings. The van der Waals surface area contributed by atoms with E-state index in [0.29, 0.717) is 5.56 Å². The number of aryl methyl sites for hydroxylation is 1. The van der Waals surface area contributed by atoms with Crippen LogP contribution in [0.25, 0.3) is 0 Å². The molecule has 0 bridgehead atoms. The molecule has 0 aromatic heterocycles. The zero-order chi connectivity index (χ0) is 21.8. The predicted octanol–water partition coefficient (Wildman–Crippen LogP) is 7.17. The molecule has 0 amide bonds. The lowest BCUT2D eigenvalue weighted by Crippen LogP contribution is -2.19. The van der Waals surface area contributed by atoms with E-state index >= 15 is 0 Å². The van der Waals surface area contributed by atoms with Gasteiger partial charge in [0.15, 0.2) is 5.78 Å². The summed E-state index contributed by atoms with van der Waals surface area (Å²) in [7, 11) is -3.80. The van der Waals surface area contributed by atoms with Gasteiger partial charge >= 0.3 is 13.8 Å². The molecule has 1 unspecified atom stereocenters. The van der Waals surface area contributed by atoms with Gasteiger partial charge in [0.05, 0.1) is 17.8 Å². The number of halogens is 3. The van der Waals surface area contributed by atoms with Crippen molar-refractivity contribution in [1.29, 1.82) is 0 Å². The Morgan fingerprint density at radius 3 is 2.03 bits per heavy atom. The Labute approximate surface area is 170 Å². The number of nitrogens with one attached hydrogen (secondary N) is 1. The van der Waals surface area contributed by atoms with Gasteiger partial charge in [0.1, 0.15) is 0 Å². The van der Waals surface area contributed by atoms with Crippen LogP contribution >= 0.6 is 7.60 Å². The minimum Gasteiger partial charge on any atom is -0.368 e. The number of hydrogen-bond acceptors (Lipinski definition) is 4. The Morgan fingerprint density at radius 2 is 1.52 bits per heavy atom. The first kappa shape index (κ1) is 23.5. The van der Waals surface area contributed by atoms with Crippen LogP contribution in [0.3, 0.4) is 0 Å². The van der Waals surface area contributed by atoms with E-state index < -0.39 is 37.3 Å². The summed E-state index contributed by atoms with van der Waals surface area (Å²) < 4.78 is 64.6. The largest absolute Gasteiger partial charge is 0.416 e. The van der Waals surface area contributed by atoms with E-state index in [1.807, 2.05) is 19.1 Å². The van der Waals surface area contributed by atoms with Crippen LogP contribution in [-0.4, -0.2) is 12.2 Å². The van der Waals surface area contributed by atoms with Crippen molar-refractivity contribution in [2.24, 2.45) is 0 Å². The van der Waals surface area contributed by atoms with Crippen LogP contribution in [0.5, 0.6) is 0 Å². The van der Waals surface area contributed by atoms with E-state index in [0.717, 1.165) is 17.7 Å². The summed E-state index contributed by atoms with van der Waals surface area (Å²) in [6.07, 6.45) is -5.30. The molecule has 0 aliphatic carbocycles. The van der Waals surface area contributed by atoms with Gasteiger partial charge in [0.25, 0.3) is 0 Å². The lowest BCUT2D eigenvalue weighted by atomic mass is 10.1. The Hall–Kier alpha value is -1.82. The highest BCUT2D eigenvalue weighted by atomic mass is 31.2. The van der Waals surface area contributed by atoms with Crippen molar-refractivity contribution < 1.29 is 26.8 Å². The molecule has 0 saturated heterocycles. The van der Waals surface area contributed by atoms with Crippen molar-refractivity contribution in [2.75, 3.05) is 5.32 Å². The van der Waals surface area contributed by atoms with E-state index in [-0.39, 0.29) is 5.69 Å². The molecule has 0 aliphatic heterocycles. The van der Waals surface area contributed by atoms with Crippen molar-refractivity contribution in [3.05, 3.63) is 65.2 Å². The van der Waals surface area contributed by atoms with Crippen LogP contribution in [0.2, 0.25) is 0 Å². The number of anilines is 1. The zero-order valence-electron chi connectivity index (χ0n) is 17.2. The molecule has 8 heteroatoms. The molecule has 0 heterocycles. The molecule has 0 spiro atoms. The monoisotopic (exact) mass is 429 g/mol. The van der Waals surface area contributed by atoms with Gasteiger partial charge in [0, 0.05) is 5.69 Å². The highest BCUT2D eigenvalue weighted by Gasteiger charge is 2.40. The lowest BCUT2D eigenvalue weighted by Gasteiger charge is -2.31. The summed E-state index contributed by atoms with van der Waals surface area (Å²) >= 11 is 0. The van der Waals surface area contributed by atoms with Crippen LogP contribution in [0.1, 0.15) is 50.2 Å². The van der Waals surface area contributed by atoms with Gasteiger partial charge in [0.2, 0.25) is 0 Å². The van der Waals surface area contributed by atoms with Crippen molar-refractivity contribution >= 4 is 13.3 Å². The Kier molecular flexibility index (Phi) is 7.55. The van der Waals surface area contributed by atoms with Crippen LogP contribution < -0.4 is 5.32 Å². The number of benzene rings is 2. The average molecular weight is 429 g/mol. The lowest BCUT2D eigenvalue weighted by molar-refractivity contribution is -0.137. The van der Waals surface area contributed by atoms with E-state index in [4.69, 9.17) is 9.05 Å². The average Bonchev–Trinajstić information content (AvgIpc) is 2.57. The minimum absolute atomic E-state index is 0.172. The normalized spacial score (nSPS) is 13.7. The SMILES string of the molecule is Cc1cccc(C(Nc2cccc(C(F)(F)F)c2)P(=O)(OC(C)C)OC(C)C)c1. The van der Waals surface area contributed by atoms with Crippen molar-refractivity contribution in [1.82, 2.24) is 0 Å². The first-order valence-electron chi connectivity index (χ1n) is 9.37. The molecule has 0 saturated carbocycles. The fraction of sp³-hybridized carbons (Fsp3) is 0.429. The van der Waals surface area contributed by atoms with Gasteiger partial charge in [-0.15, -0.1) is 0 Å². The summed E-state index contributed by atoms with van der Waals surface area (Å²) in [5.74, 6) is -0.976. The van der Waals surface area contributed by atoms with Crippen molar-refractivity contribution in [3.63, 3.8) is 0 Å². The second-order valence-corrected chi connectivity index (χ2v) is 9.41. The Morgan fingerprint density at radius 1 is 0.931 bits per heavy atom. The molecule has 0 radical (unpaired) electrons. The van der Waals surface area contributed by atoms with Crippen LogP contribution in [-0.2, 0) is 19.8 Å². The maximum atomic E-state index is 13.8. The van der Waals surface area contributed by atoms with E-state index in [9.17, 15) is 17.7 Å². The van der Waals surface area contributed by atoms with Gasteiger partial charge in [-0.05, 0) is 58.4 Å². The smallest absolute Gasteiger partial charge is 0.368 e. The topological polar surface area (TPSA) is 47.6 Å². The Bertz CT molecular complexity index is 854. The van der Waals surface area contributed by atoms with Gasteiger partial charge in [-0.1, -0.05) is 35.9 Å². The molecule has 4 nitrogen and oxygen atoms in total. The Balaban J connectivity index is 2.54. The first-order valence-corrected chi connectivity index (χ1v) is 11.0. The second kappa shape index (κ2) is 9.33. The number of hydrogen-bond donors (Lipinski definition) is 1. The maximum Gasteiger partial charge on any atom is 0.416 e. The number of alkyl halides is 3. The third-order valence-electron chi connectivity index (χ3n) is 3.88. The van der Waals surface area contributed by atoms with Gasteiger partial charge in [-0.3, -0.25) is 4.57 Å². The van der Waals surface area contributed by atoms with E-state index in [1.165, 1.54) is 12.1 Å². The molecule has 1 N–H and O–H groups in total. The first-order chi connectivity index (χ1) is 13.4. The second-order valence-electron chi connectivity index (χ2n) is 7.39. The van der Waals surface area contributed by atoms with E-state index in [1.54, 1.807) is 39.8 Å². The summed E-state index contributed by atoms with van der Waals surface area (Å²) in [6, 6.07) is 12.0. The summed E-state index contributed by atoms with van der Waals surface area (Å²) in [5.41, 5.74) is 0.896. The van der Waals surface area contributed by atoms with Gasteiger partial charge in [-0.25, -0.2) is 0 Å². The third kappa shape index (κ3) is 6.59. The zero-order valence-corrected chi connectivity index (χ0v) is 18.1. The molecule has 29 heavy (non-hydrogen) atoms. The summed E-state index contributed by atoms with van der Waals surface area (Å²) in [6.45, 7) is 8.80. The van der Waals surface area contributed by atoms with Crippen molar-refractivity contribution in [2.45, 2.75) is 58.8 Å². The molecule has 0 aliphatic rings. The van der Waals surface area contributed by atoms with Gasteiger partial charge in [-0.2, -0.15) is 13.2 Å². The third-order valence-corrected chi connectivity index (χ3v) is 6.37. The molecule has 2 rings (SSSR count). The summed E-state index contributed by atoms with van der Waals surface area (Å²) in [5, 5.41) is 2.97. The summed E-state index contributed by atoms with van der Waals surface area (Å²) in [4.78, 5) is 0. The molecule has 1 atom stereocenters. The fourth-order valence-corrected chi connectivity index (χ4v) is 5.16. The van der Waals surface area contributed by atoms with Gasteiger partial charge < -0.3 is 14.4 Å². The number of rotatable bonds is 8. The molecular weight excluding hydrogens is 402 g/mol. The standard InChI is InChI=1S/C21H27F3NO3P/c1-14(2)27-29(26,28-15(3)4)20(17-9-6-8-16(5)12-17)25-19-11-7-10-18(13-19)21(22,23)24/h6-15,20,25H,1-5H3. The maximum absolute atomic E-state index is 13.8. The molecule has 160 valence electrons. The van der Waals surface area contributed by atoms with Crippen molar-refractivity contribution in [3.8, 4) is 0 Å². The van der Waals surface area contributed by atoms with Crippen LogP contribution in [0, 0.1) is 6.92 Å². The molecule has 2 aromatic rings. The van der Waals surface area contributed by atoms with Crippen LogP contribution in [0.15, 0.2) is 48.5 Å². The predicted molar refractivity (Wildman–Crippen MR) is 109 cm³/mol. The molecular formula is C21H27F3NO3P. The highest BCUT2D eigenvalue weighted by molar-refractivity contribution is 7.54. The van der Waals surface area contributed by atoms with E-state index in [2.05, 4.69) is 5.32 Å². The quantitative estimate of drug-likeness (QED) is 0.452. The fourth-order valence-electron chi connectivity index (χ4n) is 2.86. The molecule has 2 aromatic carbocycles. The highest BCUT2D eigenvalue weighted by Crippen LogP contribution is 2.62. The van der Waals surface area contributed by atoms with Crippen LogP contribution in [0.4, 0.5) is 18.9 Å².